The molecule has 0 radical (unpaired) electrons. The second kappa shape index (κ2) is 14.9. The van der Waals surface area contributed by atoms with Crippen LogP contribution in [0.1, 0.15) is 44.7 Å². The third kappa shape index (κ3) is 8.24. The summed E-state index contributed by atoms with van der Waals surface area (Å²) in [7, 11) is -4.19. The Morgan fingerprint density at radius 1 is 0.951 bits per heavy atom. The highest BCUT2D eigenvalue weighted by molar-refractivity contribution is 7.92. The molecule has 2 amide bonds. The van der Waals surface area contributed by atoms with Crippen molar-refractivity contribution in [3.05, 3.63) is 88.9 Å². The van der Waals surface area contributed by atoms with Crippen LogP contribution >= 0.6 is 11.6 Å². The van der Waals surface area contributed by atoms with Gasteiger partial charge in [0.15, 0.2) is 0 Å². The molecule has 0 aromatic heterocycles. The monoisotopic (exact) mass is 599 g/mol. The van der Waals surface area contributed by atoms with Crippen LogP contribution in [0.5, 0.6) is 5.75 Å². The van der Waals surface area contributed by atoms with Crippen molar-refractivity contribution < 1.29 is 22.7 Å². The van der Waals surface area contributed by atoms with E-state index in [9.17, 15) is 18.0 Å². The van der Waals surface area contributed by atoms with Gasteiger partial charge < -0.3 is 15.0 Å². The number of benzene rings is 3. The highest BCUT2D eigenvalue weighted by Gasteiger charge is 2.33. The first kappa shape index (κ1) is 32.0. The van der Waals surface area contributed by atoms with E-state index in [1.807, 2.05) is 52.0 Å². The van der Waals surface area contributed by atoms with Crippen molar-refractivity contribution in [1.82, 2.24) is 10.2 Å². The zero-order chi connectivity index (χ0) is 30.0. The van der Waals surface area contributed by atoms with Crippen molar-refractivity contribution in [3.63, 3.8) is 0 Å². The van der Waals surface area contributed by atoms with Gasteiger partial charge in [-0.25, -0.2) is 8.42 Å². The Morgan fingerprint density at radius 3 is 2.20 bits per heavy atom. The van der Waals surface area contributed by atoms with Gasteiger partial charge >= 0.3 is 0 Å². The molecular formula is C31H38ClN3O5S. The van der Waals surface area contributed by atoms with Gasteiger partial charge in [0.1, 0.15) is 18.3 Å². The average Bonchev–Trinajstić information content (AvgIpc) is 2.96. The summed E-state index contributed by atoms with van der Waals surface area (Å²) in [5.74, 6) is -0.200. The van der Waals surface area contributed by atoms with Gasteiger partial charge in [-0.15, -0.1) is 0 Å². The molecule has 0 unspecified atom stereocenters. The number of hydrogen-bond donors (Lipinski definition) is 1. The Hall–Kier alpha value is -3.56. The molecule has 0 aliphatic rings. The number of carbonyl (C=O) groups excluding carboxylic acids is 2. The molecule has 0 heterocycles. The van der Waals surface area contributed by atoms with Gasteiger partial charge in [-0.2, -0.15) is 0 Å². The largest absolute Gasteiger partial charge is 0.494 e. The number of aryl methyl sites for hydroxylation is 1. The molecular weight excluding hydrogens is 562 g/mol. The van der Waals surface area contributed by atoms with Crippen LogP contribution < -0.4 is 14.4 Å². The predicted octanol–water partition coefficient (Wildman–Crippen LogP) is 5.58. The zero-order valence-corrected chi connectivity index (χ0v) is 25.5. The molecule has 1 N–H and O–H groups in total. The van der Waals surface area contributed by atoms with Gasteiger partial charge in [-0.1, -0.05) is 49.7 Å². The Bertz CT molecular complexity index is 1410. The Balaban J connectivity index is 2.06. The molecule has 0 spiro atoms. The van der Waals surface area contributed by atoms with Crippen LogP contribution in [0.3, 0.4) is 0 Å². The molecule has 3 aromatic carbocycles. The van der Waals surface area contributed by atoms with Gasteiger partial charge in [-0.05, 0) is 86.3 Å². The van der Waals surface area contributed by atoms with Gasteiger partial charge in [0.25, 0.3) is 10.0 Å². The van der Waals surface area contributed by atoms with Crippen LogP contribution in [0.15, 0.2) is 77.7 Å². The van der Waals surface area contributed by atoms with Crippen LogP contribution in [-0.2, 0) is 26.2 Å². The fourth-order valence-corrected chi connectivity index (χ4v) is 5.93. The summed E-state index contributed by atoms with van der Waals surface area (Å²) >= 11 is 6.02. The summed E-state index contributed by atoms with van der Waals surface area (Å²) in [6.07, 6.45) is 1.11. The minimum atomic E-state index is -4.19. The maximum absolute atomic E-state index is 14.1. The molecule has 3 aromatic rings. The Kier molecular flexibility index (Phi) is 11.6. The van der Waals surface area contributed by atoms with E-state index >= 15 is 0 Å². The van der Waals surface area contributed by atoms with Crippen molar-refractivity contribution >= 4 is 39.1 Å². The van der Waals surface area contributed by atoms with E-state index < -0.39 is 28.5 Å². The Labute approximate surface area is 248 Å². The number of rotatable bonds is 14. The van der Waals surface area contributed by atoms with Crippen LogP contribution in [0.4, 0.5) is 5.69 Å². The molecule has 8 nitrogen and oxygen atoms in total. The van der Waals surface area contributed by atoms with Gasteiger partial charge in [0.2, 0.25) is 11.8 Å². The standard InChI is InChI=1S/C31H38ClN3O5S/c1-5-20-33-31(37)29(6-2)34(21-24-11-9-8-10-23(24)4)30(36)22-35(26-14-16-27(17-15-26)40-7-3)41(38,39)28-18-12-25(32)13-19-28/h8-19,29H,5-7,20-22H2,1-4H3,(H,33,37)/t29-/m1/s1. The highest BCUT2D eigenvalue weighted by atomic mass is 35.5. The van der Waals surface area contributed by atoms with Crippen molar-refractivity contribution in [2.45, 2.75) is 58.0 Å². The van der Waals surface area contributed by atoms with Crippen LogP contribution in [0, 0.1) is 6.92 Å². The molecule has 3 rings (SSSR count). The van der Waals surface area contributed by atoms with E-state index in [1.54, 1.807) is 24.3 Å². The van der Waals surface area contributed by atoms with E-state index in [4.69, 9.17) is 16.3 Å². The summed E-state index contributed by atoms with van der Waals surface area (Å²) < 4.78 is 34.5. The smallest absolute Gasteiger partial charge is 0.264 e. The molecule has 0 bridgehead atoms. The van der Waals surface area contributed by atoms with Gasteiger partial charge in [0.05, 0.1) is 17.2 Å². The minimum absolute atomic E-state index is 0.0123. The lowest BCUT2D eigenvalue weighted by atomic mass is 10.1. The fraction of sp³-hybridized carbons (Fsp3) is 0.355. The van der Waals surface area contributed by atoms with E-state index in [2.05, 4.69) is 5.32 Å². The lowest BCUT2D eigenvalue weighted by molar-refractivity contribution is -0.140. The molecule has 0 aliphatic heterocycles. The summed E-state index contributed by atoms with van der Waals surface area (Å²) in [6, 6.07) is 19.1. The number of nitrogens with one attached hydrogen (secondary N) is 1. The average molecular weight is 600 g/mol. The van der Waals surface area contributed by atoms with E-state index in [1.165, 1.54) is 29.2 Å². The molecule has 0 aliphatic carbocycles. The first-order chi connectivity index (χ1) is 19.6. The van der Waals surface area contributed by atoms with E-state index in [-0.39, 0.29) is 23.0 Å². The number of anilines is 1. The number of nitrogens with zero attached hydrogens (tertiary/aromatic N) is 2. The second-order valence-corrected chi connectivity index (χ2v) is 11.9. The quantitative estimate of drug-likeness (QED) is 0.261. The molecule has 0 saturated carbocycles. The molecule has 10 heteroatoms. The summed E-state index contributed by atoms with van der Waals surface area (Å²) in [4.78, 5) is 28.8. The Morgan fingerprint density at radius 2 is 1.61 bits per heavy atom. The van der Waals surface area contributed by atoms with E-state index in [0.717, 1.165) is 21.9 Å². The third-order valence-corrected chi connectivity index (χ3v) is 8.69. The third-order valence-electron chi connectivity index (χ3n) is 6.65. The summed E-state index contributed by atoms with van der Waals surface area (Å²) in [5, 5.41) is 3.28. The normalized spacial score (nSPS) is 11.9. The number of hydrogen-bond acceptors (Lipinski definition) is 5. The number of amides is 2. The lowest BCUT2D eigenvalue weighted by Crippen LogP contribution is -2.52. The van der Waals surface area contributed by atoms with Crippen LogP contribution in [0.2, 0.25) is 5.02 Å². The highest BCUT2D eigenvalue weighted by Crippen LogP contribution is 2.27. The zero-order valence-electron chi connectivity index (χ0n) is 24.0. The van der Waals surface area contributed by atoms with Crippen molar-refractivity contribution in [1.29, 1.82) is 0 Å². The van der Waals surface area contributed by atoms with Gasteiger partial charge in [-0.3, -0.25) is 13.9 Å². The number of halogens is 1. The molecule has 41 heavy (non-hydrogen) atoms. The molecule has 0 saturated heterocycles. The maximum atomic E-state index is 14.1. The topological polar surface area (TPSA) is 96.0 Å². The van der Waals surface area contributed by atoms with Crippen molar-refractivity contribution in [2.75, 3.05) is 24.0 Å². The number of sulfonamides is 1. The van der Waals surface area contributed by atoms with Crippen LogP contribution in [0.25, 0.3) is 0 Å². The molecule has 1 atom stereocenters. The molecule has 0 fully saturated rings. The first-order valence-corrected chi connectivity index (χ1v) is 15.6. The lowest BCUT2D eigenvalue weighted by Gasteiger charge is -2.33. The predicted molar refractivity (Wildman–Crippen MR) is 163 cm³/mol. The number of ether oxygens (including phenoxy) is 1. The van der Waals surface area contributed by atoms with E-state index in [0.29, 0.717) is 30.3 Å². The van der Waals surface area contributed by atoms with Gasteiger partial charge in [0, 0.05) is 18.1 Å². The minimum Gasteiger partial charge on any atom is -0.494 e. The van der Waals surface area contributed by atoms with Crippen LogP contribution in [-0.4, -0.2) is 50.9 Å². The first-order valence-electron chi connectivity index (χ1n) is 13.7. The number of carbonyl (C=O) groups is 2. The fourth-order valence-electron chi connectivity index (χ4n) is 4.39. The molecule has 220 valence electrons. The SMILES string of the molecule is CCCNC(=O)[C@@H](CC)N(Cc1ccccc1C)C(=O)CN(c1ccc(OCC)cc1)S(=O)(=O)c1ccc(Cl)cc1. The second-order valence-electron chi connectivity index (χ2n) is 9.56. The van der Waals surface area contributed by atoms with Crippen molar-refractivity contribution in [2.24, 2.45) is 0 Å². The maximum Gasteiger partial charge on any atom is 0.264 e. The summed E-state index contributed by atoms with van der Waals surface area (Å²) in [6.45, 7) is 8.16. The summed E-state index contributed by atoms with van der Waals surface area (Å²) in [5.41, 5.74) is 2.12. The van der Waals surface area contributed by atoms with Crippen molar-refractivity contribution in [3.8, 4) is 5.75 Å².